The molecule has 1 aromatic carbocycles. The Labute approximate surface area is 128 Å². The summed E-state index contributed by atoms with van der Waals surface area (Å²) in [5, 5.41) is 0.726. The standard InChI is InChI=1S/C15H18Cl2N2O/c16-6-3-15-18-13-9-12(17)1-2-14(13)19(15)7-4-11-5-8-20-10-11/h1-2,9,11H,3-8,10H2. The number of imidazole rings is 1. The fourth-order valence-electron chi connectivity index (χ4n) is 2.80. The highest BCUT2D eigenvalue weighted by molar-refractivity contribution is 6.31. The van der Waals surface area contributed by atoms with Crippen molar-refractivity contribution in [2.45, 2.75) is 25.8 Å². The van der Waals surface area contributed by atoms with E-state index in [2.05, 4.69) is 9.55 Å². The summed E-state index contributed by atoms with van der Waals surface area (Å²) in [6, 6.07) is 5.89. The Morgan fingerprint density at radius 2 is 2.30 bits per heavy atom. The lowest BCUT2D eigenvalue weighted by atomic mass is 10.1. The number of aromatic nitrogens is 2. The molecule has 1 aliphatic rings. The van der Waals surface area contributed by atoms with Gasteiger partial charge in [-0.05, 0) is 37.0 Å². The molecule has 108 valence electrons. The maximum absolute atomic E-state index is 6.05. The number of hydrogen-bond acceptors (Lipinski definition) is 2. The van der Waals surface area contributed by atoms with Crippen LogP contribution in [0, 0.1) is 5.92 Å². The van der Waals surface area contributed by atoms with Gasteiger partial charge in [-0.25, -0.2) is 4.98 Å². The van der Waals surface area contributed by atoms with Crippen molar-refractivity contribution in [3.63, 3.8) is 0 Å². The average Bonchev–Trinajstić information content (AvgIpc) is 3.04. The van der Waals surface area contributed by atoms with Crippen LogP contribution in [-0.4, -0.2) is 28.6 Å². The minimum Gasteiger partial charge on any atom is -0.381 e. The molecule has 1 aliphatic heterocycles. The molecule has 2 aromatic rings. The van der Waals surface area contributed by atoms with Crippen molar-refractivity contribution >= 4 is 34.2 Å². The number of aryl methyl sites for hydroxylation is 2. The quantitative estimate of drug-likeness (QED) is 0.783. The molecule has 1 atom stereocenters. The van der Waals surface area contributed by atoms with Crippen molar-refractivity contribution in [2.75, 3.05) is 19.1 Å². The maximum atomic E-state index is 6.05. The number of ether oxygens (including phenoxy) is 1. The molecule has 1 saturated heterocycles. The minimum absolute atomic E-state index is 0.587. The number of halogens is 2. The summed E-state index contributed by atoms with van der Waals surface area (Å²) in [4.78, 5) is 4.67. The van der Waals surface area contributed by atoms with Crippen molar-refractivity contribution in [2.24, 2.45) is 5.92 Å². The zero-order valence-electron chi connectivity index (χ0n) is 11.3. The van der Waals surface area contributed by atoms with Crippen LogP contribution in [0.4, 0.5) is 0 Å². The molecule has 1 fully saturated rings. The molecule has 0 N–H and O–H groups in total. The van der Waals surface area contributed by atoms with Crippen molar-refractivity contribution in [1.29, 1.82) is 0 Å². The monoisotopic (exact) mass is 312 g/mol. The predicted octanol–water partition coefficient (Wildman–Crippen LogP) is 3.90. The van der Waals surface area contributed by atoms with E-state index in [1.807, 2.05) is 18.2 Å². The molecule has 0 bridgehead atoms. The normalized spacial score (nSPS) is 19.0. The lowest BCUT2D eigenvalue weighted by Crippen LogP contribution is -2.09. The summed E-state index contributed by atoms with van der Waals surface area (Å²) in [6.07, 6.45) is 3.09. The summed E-state index contributed by atoms with van der Waals surface area (Å²) in [5.41, 5.74) is 2.11. The summed E-state index contributed by atoms with van der Waals surface area (Å²) in [5.74, 6) is 2.31. The number of alkyl halides is 1. The third-order valence-corrected chi connectivity index (χ3v) is 4.32. The molecule has 20 heavy (non-hydrogen) atoms. The van der Waals surface area contributed by atoms with Gasteiger partial charge in [-0.3, -0.25) is 0 Å². The largest absolute Gasteiger partial charge is 0.381 e. The number of hydrogen-bond donors (Lipinski definition) is 0. The van der Waals surface area contributed by atoms with Crippen LogP contribution in [0.3, 0.4) is 0 Å². The summed E-state index contributed by atoms with van der Waals surface area (Å²) in [7, 11) is 0. The van der Waals surface area contributed by atoms with E-state index in [1.165, 1.54) is 6.42 Å². The van der Waals surface area contributed by atoms with Gasteiger partial charge < -0.3 is 9.30 Å². The topological polar surface area (TPSA) is 27.1 Å². The van der Waals surface area contributed by atoms with Crippen LogP contribution in [0.15, 0.2) is 18.2 Å². The van der Waals surface area contributed by atoms with E-state index in [-0.39, 0.29) is 0 Å². The van der Waals surface area contributed by atoms with E-state index in [9.17, 15) is 0 Å². The summed E-state index contributed by atoms with van der Waals surface area (Å²) in [6.45, 7) is 2.77. The first-order chi connectivity index (χ1) is 9.78. The van der Waals surface area contributed by atoms with Gasteiger partial charge in [0.25, 0.3) is 0 Å². The van der Waals surface area contributed by atoms with E-state index >= 15 is 0 Å². The molecule has 0 aliphatic carbocycles. The fourth-order valence-corrected chi connectivity index (χ4v) is 3.14. The number of nitrogens with zero attached hydrogens (tertiary/aromatic N) is 2. The molecule has 5 heteroatoms. The molecule has 0 spiro atoms. The third-order valence-electron chi connectivity index (χ3n) is 3.89. The molecule has 3 nitrogen and oxygen atoms in total. The molecule has 0 radical (unpaired) electrons. The van der Waals surface area contributed by atoms with Crippen LogP contribution in [0.1, 0.15) is 18.7 Å². The lowest BCUT2D eigenvalue weighted by Gasteiger charge is -2.11. The average molecular weight is 313 g/mol. The van der Waals surface area contributed by atoms with Crippen LogP contribution in [-0.2, 0) is 17.7 Å². The summed E-state index contributed by atoms with van der Waals surface area (Å²) < 4.78 is 7.73. The van der Waals surface area contributed by atoms with Crippen LogP contribution in [0.2, 0.25) is 5.02 Å². The molecule has 1 aromatic heterocycles. The molecular formula is C15H18Cl2N2O. The molecule has 2 heterocycles. The van der Waals surface area contributed by atoms with Gasteiger partial charge in [0.05, 0.1) is 11.0 Å². The lowest BCUT2D eigenvalue weighted by molar-refractivity contribution is 0.183. The first-order valence-electron chi connectivity index (χ1n) is 7.06. The highest BCUT2D eigenvalue weighted by atomic mass is 35.5. The Hall–Kier alpha value is -0.770. The zero-order chi connectivity index (χ0) is 13.9. The number of benzene rings is 1. The SMILES string of the molecule is ClCCc1nc2cc(Cl)ccc2n1CCC1CCOC1. The van der Waals surface area contributed by atoms with Gasteiger partial charge in [-0.1, -0.05) is 11.6 Å². The second-order valence-corrected chi connectivity index (χ2v) is 6.08. The Morgan fingerprint density at radius 1 is 1.40 bits per heavy atom. The predicted molar refractivity (Wildman–Crippen MR) is 82.7 cm³/mol. The van der Waals surface area contributed by atoms with Crippen LogP contribution in [0.5, 0.6) is 0 Å². The van der Waals surface area contributed by atoms with Gasteiger partial charge >= 0.3 is 0 Å². The van der Waals surface area contributed by atoms with Gasteiger partial charge in [-0.15, -0.1) is 11.6 Å². The first kappa shape index (κ1) is 14.2. The van der Waals surface area contributed by atoms with Crippen LogP contribution in [0.25, 0.3) is 11.0 Å². The van der Waals surface area contributed by atoms with Crippen molar-refractivity contribution in [3.05, 3.63) is 29.0 Å². The highest BCUT2D eigenvalue weighted by Gasteiger charge is 2.17. The first-order valence-corrected chi connectivity index (χ1v) is 7.97. The van der Waals surface area contributed by atoms with E-state index in [0.29, 0.717) is 11.8 Å². The number of rotatable bonds is 5. The molecular weight excluding hydrogens is 295 g/mol. The van der Waals surface area contributed by atoms with Crippen molar-refractivity contribution in [3.8, 4) is 0 Å². The Morgan fingerprint density at radius 3 is 3.05 bits per heavy atom. The van der Waals surface area contributed by atoms with Gasteiger partial charge in [0.15, 0.2) is 0 Å². The molecule has 1 unspecified atom stereocenters. The van der Waals surface area contributed by atoms with E-state index in [4.69, 9.17) is 27.9 Å². The van der Waals surface area contributed by atoms with Gasteiger partial charge in [-0.2, -0.15) is 0 Å². The van der Waals surface area contributed by atoms with Crippen molar-refractivity contribution < 1.29 is 4.74 Å². The number of fused-ring (bicyclic) bond motifs is 1. The third kappa shape index (κ3) is 2.95. The smallest absolute Gasteiger partial charge is 0.111 e. The van der Waals surface area contributed by atoms with E-state index in [1.54, 1.807) is 0 Å². The van der Waals surface area contributed by atoms with Crippen LogP contribution < -0.4 is 0 Å². The van der Waals surface area contributed by atoms with E-state index in [0.717, 1.165) is 54.5 Å². The minimum atomic E-state index is 0.587. The summed E-state index contributed by atoms with van der Waals surface area (Å²) >= 11 is 11.9. The van der Waals surface area contributed by atoms with Gasteiger partial charge in [0, 0.05) is 37.1 Å². The van der Waals surface area contributed by atoms with E-state index < -0.39 is 0 Å². The molecule has 0 amide bonds. The Balaban J connectivity index is 1.87. The molecule has 0 saturated carbocycles. The fraction of sp³-hybridized carbons (Fsp3) is 0.533. The van der Waals surface area contributed by atoms with Crippen LogP contribution >= 0.6 is 23.2 Å². The van der Waals surface area contributed by atoms with Crippen molar-refractivity contribution in [1.82, 2.24) is 9.55 Å². The van der Waals surface area contributed by atoms with Gasteiger partial charge in [0.1, 0.15) is 5.82 Å². The zero-order valence-corrected chi connectivity index (χ0v) is 12.8. The maximum Gasteiger partial charge on any atom is 0.111 e. The molecule has 3 rings (SSSR count). The Bertz CT molecular complexity index is 591. The van der Waals surface area contributed by atoms with Gasteiger partial charge in [0.2, 0.25) is 0 Å². The second kappa shape index (κ2) is 6.33. The Kier molecular flexibility index (Phi) is 4.49. The second-order valence-electron chi connectivity index (χ2n) is 5.27. The highest BCUT2D eigenvalue weighted by Crippen LogP contribution is 2.24.